The Morgan fingerprint density at radius 2 is 0.717 bits per heavy atom. The summed E-state index contributed by atoms with van der Waals surface area (Å²) in [6.07, 6.45) is 0. The van der Waals surface area contributed by atoms with Crippen LogP contribution in [0.5, 0.6) is 0 Å². The summed E-state index contributed by atoms with van der Waals surface area (Å²) in [4.78, 5) is 2.35. The zero-order chi connectivity index (χ0) is 39.8. The molecule has 0 amide bonds. The predicted octanol–water partition coefficient (Wildman–Crippen LogP) is 16.5. The maximum absolute atomic E-state index is 6.23. The molecule has 0 N–H and O–H groups in total. The van der Waals surface area contributed by atoms with Crippen LogP contribution in [-0.2, 0) is 0 Å². The Hall–Kier alpha value is -7.94. The van der Waals surface area contributed by atoms with Gasteiger partial charge in [0.15, 0.2) is 0 Å². The number of hydrogen-bond donors (Lipinski definition) is 0. The van der Waals surface area contributed by atoms with Crippen molar-refractivity contribution >= 4 is 49.6 Å². The number of para-hydroxylation sites is 1. The topological polar surface area (TPSA) is 16.4 Å². The summed E-state index contributed by atoms with van der Waals surface area (Å²) in [6.45, 7) is 0. The lowest BCUT2D eigenvalue weighted by molar-refractivity contribution is 0.631. The van der Waals surface area contributed by atoms with Crippen LogP contribution in [0.25, 0.3) is 88.3 Å². The van der Waals surface area contributed by atoms with Gasteiger partial charge in [0.25, 0.3) is 0 Å². The summed E-state index contributed by atoms with van der Waals surface area (Å²) in [7, 11) is 0. The van der Waals surface area contributed by atoms with E-state index in [1.165, 1.54) is 54.9 Å². The highest BCUT2D eigenvalue weighted by molar-refractivity contribution is 6.13. The lowest BCUT2D eigenvalue weighted by atomic mass is 9.93. The summed E-state index contributed by atoms with van der Waals surface area (Å²) in [5.74, 6) is 0.871. The van der Waals surface area contributed by atoms with Gasteiger partial charge in [-0.05, 0) is 133 Å². The van der Waals surface area contributed by atoms with Gasteiger partial charge in [0.1, 0.15) is 11.3 Å². The van der Waals surface area contributed by atoms with E-state index in [-0.39, 0.29) is 0 Å². The average Bonchev–Trinajstić information content (AvgIpc) is 3.77. The predicted molar refractivity (Wildman–Crippen MR) is 253 cm³/mol. The largest absolute Gasteiger partial charge is 0.456 e. The number of anilines is 3. The van der Waals surface area contributed by atoms with E-state index in [1.54, 1.807) is 0 Å². The van der Waals surface area contributed by atoms with Crippen molar-refractivity contribution in [1.29, 1.82) is 0 Å². The second-order valence-electron chi connectivity index (χ2n) is 15.3. The fraction of sp³-hybridized carbons (Fsp3) is 0. The normalized spacial score (nSPS) is 11.3. The highest BCUT2D eigenvalue weighted by Gasteiger charge is 2.16. The Labute approximate surface area is 349 Å². The summed E-state index contributed by atoms with van der Waals surface area (Å²) < 4.78 is 6.23. The van der Waals surface area contributed by atoms with E-state index in [0.29, 0.717) is 0 Å². The van der Waals surface area contributed by atoms with E-state index in [0.717, 1.165) is 50.5 Å². The molecule has 11 rings (SSSR count). The molecule has 2 heteroatoms. The highest BCUT2D eigenvalue weighted by Crippen LogP contribution is 2.40. The minimum atomic E-state index is 0.871. The first kappa shape index (κ1) is 35.2. The molecule has 0 spiro atoms. The number of fused-ring (bicyclic) bond motifs is 4. The number of rotatable bonds is 8. The Kier molecular flexibility index (Phi) is 8.87. The lowest BCUT2D eigenvalue weighted by Gasteiger charge is -2.26. The molecule has 0 aliphatic rings. The smallest absolute Gasteiger partial charge is 0.135 e. The number of hydrogen-bond acceptors (Lipinski definition) is 2. The third-order valence-electron chi connectivity index (χ3n) is 11.7. The van der Waals surface area contributed by atoms with Crippen LogP contribution in [0.1, 0.15) is 0 Å². The van der Waals surface area contributed by atoms with E-state index < -0.39 is 0 Å². The molecule has 2 nitrogen and oxygen atoms in total. The van der Waals surface area contributed by atoms with Crippen molar-refractivity contribution in [3.05, 3.63) is 237 Å². The van der Waals surface area contributed by atoms with Crippen molar-refractivity contribution in [2.75, 3.05) is 4.90 Å². The standard InChI is InChI=1S/C58H39NO/c1-2-12-40(13-3-1)44-16-10-17-45(36-44)41-24-30-50(31-25-41)59(52-34-28-43(29-35-52)56-38-47-14-4-6-20-53(47)54-21-7-8-22-55(54)56)51-32-26-42(27-33-51)46-18-11-19-48(37-46)58-39-49-15-5-9-23-57(49)60-58/h1-39H. The fourth-order valence-electron chi connectivity index (χ4n) is 8.62. The molecule has 0 unspecified atom stereocenters. The second-order valence-corrected chi connectivity index (χ2v) is 15.3. The van der Waals surface area contributed by atoms with Gasteiger partial charge in [-0.3, -0.25) is 0 Å². The summed E-state index contributed by atoms with van der Waals surface area (Å²) in [5, 5.41) is 6.16. The summed E-state index contributed by atoms with van der Waals surface area (Å²) >= 11 is 0. The summed E-state index contributed by atoms with van der Waals surface area (Å²) in [6, 6.07) is 84.9. The third-order valence-corrected chi connectivity index (χ3v) is 11.7. The quantitative estimate of drug-likeness (QED) is 0.143. The third kappa shape index (κ3) is 6.61. The monoisotopic (exact) mass is 765 g/mol. The molecule has 0 bridgehead atoms. The van der Waals surface area contributed by atoms with Crippen LogP contribution in [0.3, 0.4) is 0 Å². The fourth-order valence-corrected chi connectivity index (χ4v) is 8.62. The molecule has 60 heavy (non-hydrogen) atoms. The first-order chi connectivity index (χ1) is 29.7. The van der Waals surface area contributed by atoms with Gasteiger partial charge in [-0.2, -0.15) is 0 Å². The minimum absolute atomic E-state index is 0.871. The van der Waals surface area contributed by atoms with E-state index >= 15 is 0 Å². The zero-order valence-electron chi connectivity index (χ0n) is 32.9. The maximum atomic E-state index is 6.23. The summed E-state index contributed by atoms with van der Waals surface area (Å²) in [5.41, 5.74) is 14.7. The van der Waals surface area contributed by atoms with Crippen molar-refractivity contribution < 1.29 is 4.42 Å². The van der Waals surface area contributed by atoms with E-state index in [9.17, 15) is 0 Å². The SMILES string of the molecule is c1ccc(-c2cccc(-c3ccc(N(c4ccc(-c5cccc(-c6cc7ccccc7o6)c5)cc4)c4ccc(-c5cc6ccccc6c6ccccc56)cc4)cc3)c2)cc1. The molecule has 0 fully saturated rings. The lowest BCUT2D eigenvalue weighted by Crippen LogP contribution is -2.09. The first-order valence-electron chi connectivity index (χ1n) is 20.5. The van der Waals surface area contributed by atoms with Crippen LogP contribution in [0.4, 0.5) is 17.1 Å². The van der Waals surface area contributed by atoms with Crippen molar-refractivity contribution in [1.82, 2.24) is 0 Å². The zero-order valence-corrected chi connectivity index (χ0v) is 32.9. The van der Waals surface area contributed by atoms with Crippen molar-refractivity contribution in [2.45, 2.75) is 0 Å². The van der Waals surface area contributed by atoms with E-state index in [2.05, 4.69) is 223 Å². The molecule has 0 saturated heterocycles. The van der Waals surface area contributed by atoms with Gasteiger partial charge >= 0.3 is 0 Å². The minimum Gasteiger partial charge on any atom is -0.456 e. The second kappa shape index (κ2) is 15.1. The van der Waals surface area contributed by atoms with Crippen LogP contribution < -0.4 is 4.90 Å². The first-order valence-corrected chi connectivity index (χ1v) is 20.5. The number of furan rings is 1. The van der Waals surface area contributed by atoms with Crippen LogP contribution in [-0.4, -0.2) is 0 Å². The molecule has 0 saturated carbocycles. The van der Waals surface area contributed by atoms with Gasteiger partial charge in [-0.1, -0.05) is 170 Å². The molecule has 0 radical (unpaired) electrons. The van der Waals surface area contributed by atoms with Crippen molar-refractivity contribution in [2.24, 2.45) is 0 Å². The van der Waals surface area contributed by atoms with Crippen molar-refractivity contribution in [3.63, 3.8) is 0 Å². The van der Waals surface area contributed by atoms with Gasteiger partial charge < -0.3 is 9.32 Å². The molecule has 282 valence electrons. The Bertz CT molecular complexity index is 3260. The Morgan fingerprint density at radius 1 is 0.267 bits per heavy atom. The van der Waals surface area contributed by atoms with E-state index in [1.807, 2.05) is 18.2 Å². The Morgan fingerprint density at radius 3 is 1.33 bits per heavy atom. The van der Waals surface area contributed by atoms with E-state index in [4.69, 9.17) is 4.42 Å². The molecule has 1 heterocycles. The maximum Gasteiger partial charge on any atom is 0.135 e. The molecule has 0 aliphatic carbocycles. The van der Waals surface area contributed by atoms with Gasteiger partial charge in [0.2, 0.25) is 0 Å². The molecular formula is C58H39NO. The molecule has 11 aromatic rings. The molecule has 1 aromatic heterocycles. The van der Waals surface area contributed by atoms with Crippen LogP contribution in [0, 0.1) is 0 Å². The molecule has 0 atom stereocenters. The Balaban J connectivity index is 0.965. The number of nitrogens with zero attached hydrogens (tertiary/aromatic N) is 1. The molecule has 0 aliphatic heterocycles. The van der Waals surface area contributed by atoms with Crippen LogP contribution in [0.15, 0.2) is 241 Å². The van der Waals surface area contributed by atoms with Crippen LogP contribution >= 0.6 is 0 Å². The molecular weight excluding hydrogens is 727 g/mol. The van der Waals surface area contributed by atoms with Crippen molar-refractivity contribution in [3.8, 4) is 55.8 Å². The van der Waals surface area contributed by atoms with Gasteiger partial charge in [0.05, 0.1) is 0 Å². The van der Waals surface area contributed by atoms with Gasteiger partial charge in [-0.25, -0.2) is 0 Å². The highest BCUT2D eigenvalue weighted by atomic mass is 16.3. The average molecular weight is 766 g/mol. The van der Waals surface area contributed by atoms with Crippen LogP contribution in [0.2, 0.25) is 0 Å². The van der Waals surface area contributed by atoms with Gasteiger partial charge in [-0.15, -0.1) is 0 Å². The van der Waals surface area contributed by atoms with Gasteiger partial charge in [0, 0.05) is 28.0 Å². The molecule has 10 aromatic carbocycles. The number of benzene rings is 10.